The smallest absolute Gasteiger partial charge is 0.274 e. The van der Waals surface area contributed by atoms with E-state index >= 15 is 0 Å². The van der Waals surface area contributed by atoms with Gasteiger partial charge in [0.2, 0.25) is 0 Å². The van der Waals surface area contributed by atoms with Crippen molar-refractivity contribution in [1.82, 2.24) is 15.1 Å². The third-order valence-corrected chi connectivity index (χ3v) is 4.42. The van der Waals surface area contributed by atoms with Gasteiger partial charge in [0.1, 0.15) is 0 Å². The maximum absolute atomic E-state index is 12.7. The van der Waals surface area contributed by atoms with Crippen molar-refractivity contribution in [2.75, 3.05) is 0 Å². The number of amides is 1. The average molecular weight is 386 g/mol. The second kappa shape index (κ2) is 6.57. The first-order valence-electron chi connectivity index (χ1n) is 7.50. The number of fused-ring (bicyclic) bond motifs is 1. The van der Waals surface area contributed by atoms with Crippen molar-refractivity contribution in [3.63, 3.8) is 0 Å². The number of benzene rings is 2. The number of hydrogen-bond acceptors (Lipinski definition) is 3. The Morgan fingerprint density at radius 1 is 1.12 bits per heavy atom. The summed E-state index contributed by atoms with van der Waals surface area (Å²) < 4.78 is 2.18. The van der Waals surface area contributed by atoms with Crippen LogP contribution in [-0.4, -0.2) is 15.7 Å². The van der Waals surface area contributed by atoms with Crippen molar-refractivity contribution in [1.29, 1.82) is 0 Å². The van der Waals surface area contributed by atoms with E-state index in [1.807, 2.05) is 31.2 Å². The predicted octanol–water partition coefficient (Wildman–Crippen LogP) is 3.19. The Morgan fingerprint density at radius 3 is 2.42 bits per heavy atom. The third-order valence-electron chi connectivity index (χ3n) is 3.89. The van der Waals surface area contributed by atoms with Gasteiger partial charge < -0.3 is 5.32 Å². The van der Waals surface area contributed by atoms with Crippen LogP contribution in [0, 0.1) is 0 Å². The Morgan fingerprint density at radius 2 is 1.75 bits per heavy atom. The van der Waals surface area contributed by atoms with Gasteiger partial charge in [0.15, 0.2) is 5.69 Å². The van der Waals surface area contributed by atoms with Crippen LogP contribution < -0.4 is 10.9 Å². The molecule has 122 valence electrons. The normalized spacial score (nSPS) is 12.1. The van der Waals surface area contributed by atoms with Gasteiger partial charge >= 0.3 is 0 Å². The Balaban J connectivity index is 1.96. The molecule has 0 radical (unpaired) electrons. The van der Waals surface area contributed by atoms with E-state index in [1.54, 1.807) is 31.3 Å². The Kier molecular flexibility index (Phi) is 4.49. The zero-order valence-corrected chi connectivity index (χ0v) is 14.9. The minimum absolute atomic E-state index is 0.177. The minimum Gasteiger partial charge on any atom is -0.344 e. The highest BCUT2D eigenvalue weighted by atomic mass is 79.9. The van der Waals surface area contributed by atoms with Crippen LogP contribution >= 0.6 is 15.9 Å². The van der Waals surface area contributed by atoms with Gasteiger partial charge in [-0.1, -0.05) is 46.3 Å². The van der Waals surface area contributed by atoms with Gasteiger partial charge in [0.25, 0.3) is 11.5 Å². The molecule has 24 heavy (non-hydrogen) atoms. The van der Waals surface area contributed by atoms with Gasteiger partial charge in [0, 0.05) is 16.9 Å². The Hall–Kier alpha value is -2.47. The predicted molar refractivity (Wildman–Crippen MR) is 97.0 cm³/mol. The number of nitrogens with one attached hydrogen (secondary N) is 1. The van der Waals surface area contributed by atoms with Crippen molar-refractivity contribution in [2.24, 2.45) is 7.05 Å². The summed E-state index contributed by atoms with van der Waals surface area (Å²) in [5.74, 6) is -0.308. The molecule has 0 aliphatic heterocycles. The van der Waals surface area contributed by atoms with Gasteiger partial charge in [-0.05, 0) is 30.7 Å². The zero-order valence-electron chi connectivity index (χ0n) is 13.3. The average Bonchev–Trinajstić information content (AvgIpc) is 2.58. The molecular weight excluding hydrogens is 370 g/mol. The molecule has 5 nitrogen and oxygen atoms in total. The highest BCUT2D eigenvalue weighted by Crippen LogP contribution is 2.18. The second-order valence-electron chi connectivity index (χ2n) is 5.57. The molecule has 2 aromatic carbocycles. The largest absolute Gasteiger partial charge is 0.344 e. The molecule has 0 spiro atoms. The fourth-order valence-corrected chi connectivity index (χ4v) is 2.83. The van der Waals surface area contributed by atoms with E-state index in [4.69, 9.17) is 0 Å². The van der Waals surface area contributed by atoms with Gasteiger partial charge in [-0.3, -0.25) is 9.59 Å². The maximum atomic E-state index is 12.7. The van der Waals surface area contributed by atoms with Crippen LogP contribution in [0.3, 0.4) is 0 Å². The minimum atomic E-state index is -0.308. The zero-order chi connectivity index (χ0) is 17.3. The topological polar surface area (TPSA) is 64.0 Å². The Labute approximate surface area is 147 Å². The summed E-state index contributed by atoms with van der Waals surface area (Å²) >= 11 is 3.39. The highest BCUT2D eigenvalue weighted by Gasteiger charge is 2.17. The molecule has 0 saturated heterocycles. The van der Waals surface area contributed by atoms with Crippen LogP contribution in [0.2, 0.25) is 0 Å². The van der Waals surface area contributed by atoms with Gasteiger partial charge in [0.05, 0.1) is 11.4 Å². The van der Waals surface area contributed by atoms with Crippen molar-refractivity contribution in [3.8, 4) is 0 Å². The standard InChI is InChI=1S/C18H16BrN3O2/c1-11(12-7-9-13(19)10-8-12)20-17(23)16-14-5-3-4-6-15(14)18(24)22(2)21-16/h3-11H,1-2H3,(H,20,23)/t11-/m1/s1. The first-order valence-corrected chi connectivity index (χ1v) is 8.29. The molecule has 1 heterocycles. The molecule has 0 aliphatic rings. The van der Waals surface area contributed by atoms with E-state index in [9.17, 15) is 9.59 Å². The summed E-state index contributed by atoms with van der Waals surface area (Å²) in [7, 11) is 1.55. The van der Waals surface area contributed by atoms with Crippen molar-refractivity contribution in [3.05, 3.63) is 74.6 Å². The molecule has 1 amide bonds. The lowest BCUT2D eigenvalue weighted by Gasteiger charge is -2.15. The number of rotatable bonds is 3. The van der Waals surface area contributed by atoms with Gasteiger partial charge in [-0.25, -0.2) is 4.68 Å². The number of carbonyl (C=O) groups excluding carboxylic acids is 1. The number of hydrogen-bond donors (Lipinski definition) is 1. The molecule has 6 heteroatoms. The first-order chi connectivity index (χ1) is 11.5. The molecule has 3 aromatic rings. The molecule has 0 bridgehead atoms. The molecule has 1 aromatic heterocycles. The third kappa shape index (κ3) is 3.10. The van der Waals surface area contributed by atoms with Crippen molar-refractivity contribution in [2.45, 2.75) is 13.0 Å². The van der Waals surface area contributed by atoms with Crippen LogP contribution in [0.5, 0.6) is 0 Å². The van der Waals surface area contributed by atoms with Crippen LogP contribution in [0.4, 0.5) is 0 Å². The summed E-state index contributed by atoms with van der Waals surface area (Å²) in [5, 5.41) is 8.12. The fourth-order valence-electron chi connectivity index (χ4n) is 2.57. The van der Waals surface area contributed by atoms with E-state index in [2.05, 4.69) is 26.3 Å². The monoisotopic (exact) mass is 385 g/mol. The summed E-state index contributed by atoms with van der Waals surface area (Å²) in [5.41, 5.74) is 1.01. The van der Waals surface area contributed by atoms with E-state index in [0.717, 1.165) is 10.0 Å². The molecule has 0 aliphatic carbocycles. The van der Waals surface area contributed by atoms with Crippen molar-refractivity contribution < 1.29 is 4.79 Å². The number of aryl methyl sites for hydroxylation is 1. The van der Waals surface area contributed by atoms with Crippen molar-refractivity contribution >= 4 is 32.6 Å². The molecule has 0 saturated carbocycles. The maximum Gasteiger partial charge on any atom is 0.274 e. The highest BCUT2D eigenvalue weighted by molar-refractivity contribution is 9.10. The number of halogens is 1. The van der Waals surface area contributed by atoms with Gasteiger partial charge in [-0.15, -0.1) is 0 Å². The summed E-state index contributed by atoms with van der Waals surface area (Å²) in [6.45, 7) is 1.91. The first kappa shape index (κ1) is 16.4. The molecule has 0 fully saturated rings. The van der Waals surface area contributed by atoms with Gasteiger partial charge in [-0.2, -0.15) is 5.10 Å². The van der Waals surface area contributed by atoms with E-state index in [-0.39, 0.29) is 23.2 Å². The number of carbonyl (C=O) groups is 1. The fraction of sp³-hybridized carbons (Fsp3) is 0.167. The van der Waals surface area contributed by atoms with E-state index < -0.39 is 0 Å². The molecule has 1 atom stereocenters. The Bertz CT molecular complexity index is 964. The lowest BCUT2D eigenvalue weighted by atomic mass is 10.1. The summed E-state index contributed by atoms with van der Waals surface area (Å²) in [4.78, 5) is 24.8. The van der Waals surface area contributed by atoms with Crippen LogP contribution in [0.1, 0.15) is 29.0 Å². The summed E-state index contributed by atoms with van der Waals surface area (Å²) in [6, 6.07) is 14.6. The molecule has 0 unspecified atom stereocenters. The number of nitrogens with zero attached hydrogens (tertiary/aromatic N) is 2. The molecule has 3 rings (SSSR count). The molecule has 1 N–H and O–H groups in total. The van der Waals surface area contributed by atoms with E-state index in [0.29, 0.717) is 10.8 Å². The van der Waals surface area contributed by atoms with Crippen LogP contribution in [-0.2, 0) is 7.05 Å². The quantitative estimate of drug-likeness (QED) is 0.752. The van der Waals surface area contributed by atoms with Crippen LogP contribution in [0.25, 0.3) is 10.8 Å². The molecular formula is C18H16BrN3O2. The SMILES string of the molecule is C[C@@H](NC(=O)c1nn(C)c(=O)c2ccccc12)c1ccc(Br)cc1. The number of aromatic nitrogens is 2. The summed E-state index contributed by atoms with van der Waals surface area (Å²) in [6.07, 6.45) is 0. The van der Waals surface area contributed by atoms with E-state index in [1.165, 1.54) is 4.68 Å². The lowest BCUT2D eigenvalue weighted by molar-refractivity contribution is 0.0934. The van der Waals surface area contributed by atoms with Crippen LogP contribution in [0.15, 0.2) is 57.8 Å². The lowest BCUT2D eigenvalue weighted by Crippen LogP contribution is -2.31. The second-order valence-corrected chi connectivity index (χ2v) is 6.49.